The number of anilines is 1. The van der Waals surface area contributed by atoms with Gasteiger partial charge < -0.3 is 9.71 Å². The lowest BCUT2D eigenvalue weighted by Crippen LogP contribution is -1.91. The van der Waals surface area contributed by atoms with E-state index >= 15 is 0 Å². The van der Waals surface area contributed by atoms with Gasteiger partial charge in [-0.05, 0) is 53.4 Å². The van der Waals surface area contributed by atoms with Gasteiger partial charge in [0.25, 0.3) is 0 Å². The fourth-order valence-electron chi connectivity index (χ4n) is 2.06. The zero-order valence-corrected chi connectivity index (χ0v) is 12.6. The minimum absolute atomic E-state index is 0.662. The fraction of sp³-hybridized carbons (Fsp3) is 0.0588. The molecule has 2 heterocycles. The second kappa shape index (κ2) is 6.83. The number of nitriles is 1. The molecule has 0 fully saturated rings. The number of pyridine rings is 1. The molecule has 108 valence electrons. The first-order chi connectivity index (χ1) is 10.8. The molecule has 0 saturated carbocycles. The summed E-state index contributed by atoms with van der Waals surface area (Å²) in [5.41, 5.74) is 4.04. The Morgan fingerprint density at radius 2 is 2.05 bits per heavy atom. The molecule has 1 aromatic carbocycles. The smallest absolute Gasteiger partial charge is 0.0991 e. The first-order valence-corrected chi connectivity index (χ1v) is 7.64. The van der Waals surface area contributed by atoms with Gasteiger partial charge in [-0.3, -0.25) is 4.98 Å². The van der Waals surface area contributed by atoms with Crippen molar-refractivity contribution in [2.24, 2.45) is 0 Å². The van der Waals surface area contributed by atoms with Crippen LogP contribution in [0.4, 0.5) is 5.69 Å². The molecule has 0 spiro atoms. The van der Waals surface area contributed by atoms with Crippen LogP contribution in [0.15, 0.2) is 66.1 Å². The Bertz CT molecular complexity index is 772. The molecule has 4 nitrogen and oxygen atoms in total. The lowest BCUT2D eigenvalue weighted by Gasteiger charge is -2.06. The Morgan fingerprint density at radius 3 is 2.77 bits per heavy atom. The molecule has 2 N–H and O–H groups in total. The van der Waals surface area contributed by atoms with Gasteiger partial charge >= 0.3 is 0 Å². The van der Waals surface area contributed by atoms with E-state index in [9.17, 15) is 0 Å². The van der Waals surface area contributed by atoms with E-state index < -0.39 is 0 Å². The van der Waals surface area contributed by atoms with Crippen LogP contribution in [0.2, 0.25) is 0 Å². The molecule has 2 aromatic heterocycles. The first-order valence-electron chi connectivity index (χ1n) is 6.83. The summed E-state index contributed by atoms with van der Waals surface area (Å²) in [7, 11) is 0. The van der Waals surface area contributed by atoms with Crippen molar-refractivity contribution in [3.05, 3.63) is 77.9 Å². The lowest BCUT2D eigenvalue weighted by molar-refractivity contribution is 1.12. The van der Waals surface area contributed by atoms with Gasteiger partial charge in [-0.25, -0.2) is 0 Å². The quantitative estimate of drug-likeness (QED) is 0.700. The van der Waals surface area contributed by atoms with E-state index in [1.165, 1.54) is 11.1 Å². The Morgan fingerprint density at radius 1 is 1.18 bits per heavy atom. The first kappa shape index (κ1) is 14.2. The molecule has 5 heteroatoms. The van der Waals surface area contributed by atoms with Crippen molar-refractivity contribution in [1.82, 2.24) is 9.97 Å². The zero-order valence-electron chi connectivity index (χ0n) is 11.8. The van der Waals surface area contributed by atoms with Crippen LogP contribution < -0.4 is 4.72 Å². The van der Waals surface area contributed by atoms with E-state index in [0.717, 1.165) is 17.0 Å². The van der Waals surface area contributed by atoms with Gasteiger partial charge in [0.15, 0.2) is 0 Å². The van der Waals surface area contributed by atoms with E-state index in [-0.39, 0.29) is 0 Å². The largest absolute Gasteiger partial charge is 0.366 e. The molecule has 0 radical (unpaired) electrons. The molecule has 0 amide bonds. The molecule has 0 unspecified atom stereocenters. The molecule has 3 aromatic rings. The lowest BCUT2D eigenvalue weighted by atomic mass is 10.1. The number of benzene rings is 1. The van der Waals surface area contributed by atoms with Crippen LogP contribution in [-0.4, -0.2) is 9.97 Å². The van der Waals surface area contributed by atoms with Crippen molar-refractivity contribution < 1.29 is 0 Å². The number of hydrogen-bond acceptors (Lipinski definition) is 4. The predicted molar refractivity (Wildman–Crippen MR) is 88.5 cm³/mol. The van der Waals surface area contributed by atoms with Gasteiger partial charge in [-0.15, -0.1) is 0 Å². The van der Waals surface area contributed by atoms with Crippen molar-refractivity contribution in [3.63, 3.8) is 0 Å². The number of nitrogens with one attached hydrogen (secondary N) is 2. The van der Waals surface area contributed by atoms with E-state index in [2.05, 4.69) is 26.8 Å². The molecular formula is C17H14N4S. The molecule has 0 saturated heterocycles. The molecule has 0 aliphatic heterocycles. The van der Waals surface area contributed by atoms with Gasteiger partial charge in [0.2, 0.25) is 0 Å². The van der Waals surface area contributed by atoms with Crippen LogP contribution in [0.1, 0.15) is 16.7 Å². The Kier molecular flexibility index (Phi) is 4.42. The highest BCUT2D eigenvalue weighted by Crippen LogP contribution is 2.26. The summed E-state index contributed by atoms with van der Waals surface area (Å²) in [4.78, 5) is 8.44. The van der Waals surface area contributed by atoms with Gasteiger partial charge in [0.05, 0.1) is 11.6 Å². The average molecular weight is 306 g/mol. The second-order valence-electron chi connectivity index (χ2n) is 4.78. The number of aromatic amines is 1. The van der Waals surface area contributed by atoms with Crippen molar-refractivity contribution in [2.75, 3.05) is 4.72 Å². The third kappa shape index (κ3) is 3.48. The van der Waals surface area contributed by atoms with Crippen molar-refractivity contribution in [3.8, 4) is 6.07 Å². The number of H-pyrrole nitrogens is 1. The average Bonchev–Trinajstić information content (AvgIpc) is 3.01. The molecule has 0 aliphatic rings. The Hall–Kier alpha value is -2.71. The maximum atomic E-state index is 8.80. The highest BCUT2D eigenvalue weighted by atomic mass is 32.2. The van der Waals surface area contributed by atoms with Crippen LogP contribution in [0, 0.1) is 11.3 Å². The van der Waals surface area contributed by atoms with E-state index in [4.69, 9.17) is 5.26 Å². The standard InChI is InChI=1S/C17H14N4S/c18-9-13-3-5-16(6-4-13)21-22-17-12-20-11-15(17)8-14-2-1-7-19-10-14/h1-7,10-12,20-21H,8H2. The van der Waals surface area contributed by atoms with Gasteiger partial charge in [-0.1, -0.05) is 6.07 Å². The fourth-order valence-corrected chi connectivity index (χ4v) is 2.82. The van der Waals surface area contributed by atoms with Gasteiger partial charge in [0.1, 0.15) is 0 Å². The monoisotopic (exact) mass is 306 g/mol. The summed E-state index contributed by atoms with van der Waals surface area (Å²) in [6.45, 7) is 0. The highest BCUT2D eigenvalue weighted by molar-refractivity contribution is 8.00. The molecule has 22 heavy (non-hydrogen) atoms. The summed E-state index contributed by atoms with van der Waals surface area (Å²) in [5.74, 6) is 0. The minimum Gasteiger partial charge on any atom is -0.366 e. The Balaban J connectivity index is 1.66. The summed E-state index contributed by atoms with van der Waals surface area (Å²) >= 11 is 1.55. The van der Waals surface area contributed by atoms with Crippen molar-refractivity contribution in [2.45, 2.75) is 11.3 Å². The second-order valence-corrected chi connectivity index (χ2v) is 5.62. The Labute approximate surface area is 133 Å². The van der Waals surface area contributed by atoms with Crippen molar-refractivity contribution in [1.29, 1.82) is 5.26 Å². The minimum atomic E-state index is 0.662. The normalized spacial score (nSPS) is 10.1. The summed E-state index contributed by atoms with van der Waals surface area (Å²) in [6, 6.07) is 13.5. The number of rotatable bonds is 5. The topological polar surface area (TPSA) is 64.5 Å². The van der Waals surface area contributed by atoms with E-state index in [1.54, 1.807) is 30.3 Å². The summed E-state index contributed by atoms with van der Waals surface area (Å²) in [6.07, 6.45) is 8.50. The number of hydrogen-bond donors (Lipinski definition) is 2. The zero-order chi connectivity index (χ0) is 15.2. The summed E-state index contributed by atoms with van der Waals surface area (Å²) in [5, 5.41) is 8.80. The van der Waals surface area contributed by atoms with Gasteiger partial charge in [0, 0.05) is 41.8 Å². The molecule has 3 rings (SSSR count). The van der Waals surface area contributed by atoms with E-state index in [1.807, 2.05) is 36.8 Å². The molecular weight excluding hydrogens is 292 g/mol. The van der Waals surface area contributed by atoms with Crippen molar-refractivity contribution >= 4 is 17.6 Å². The maximum Gasteiger partial charge on any atom is 0.0991 e. The summed E-state index contributed by atoms with van der Waals surface area (Å²) < 4.78 is 3.30. The SMILES string of the molecule is N#Cc1ccc(NSc2c[nH]cc2Cc2cccnc2)cc1. The van der Waals surface area contributed by atoms with Crippen LogP contribution >= 0.6 is 11.9 Å². The number of nitrogens with zero attached hydrogens (tertiary/aromatic N) is 2. The van der Waals surface area contributed by atoms with Crippen LogP contribution in [0.25, 0.3) is 0 Å². The molecule has 0 aliphatic carbocycles. The predicted octanol–water partition coefficient (Wildman–Crippen LogP) is 3.99. The third-order valence-electron chi connectivity index (χ3n) is 3.20. The van der Waals surface area contributed by atoms with E-state index in [0.29, 0.717) is 5.56 Å². The van der Waals surface area contributed by atoms with Crippen LogP contribution in [0.5, 0.6) is 0 Å². The highest BCUT2D eigenvalue weighted by Gasteiger charge is 2.06. The maximum absolute atomic E-state index is 8.80. The van der Waals surface area contributed by atoms with Gasteiger partial charge in [-0.2, -0.15) is 5.26 Å². The van der Waals surface area contributed by atoms with Crippen LogP contribution in [0.3, 0.4) is 0 Å². The molecule has 0 bridgehead atoms. The van der Waals surface area contributed by atoms with Crippen LogP contribution in [-0.2, 0) is 6.42 Å². The third-order valence-corrected chi connectivity index (χ3v) is 4.14. The number of aromatic nitrogens is 2. The molecule has 0 atom stereocenters.